The van der Waals surface area contributed by atoms with E-state index in [2.05, 4.69) is 9.88 Å². The van der Waals surface area contributed by atoms with Crippen LogP contribution in [-0.2, 0) is 22.4 Å². The monoisotopic (exact) mass is 298 g/mol. The van der Waals surface area contributed by atoms with Gasteiger partial charge in [-0.25, -0.2) is 4.98 Å². The SMILES string of the molecule is O=C(O)Cc1csc(CCN2CCC(C(=O)O)CC2)n1. The van der Waals surface area contributed by atoms with Crippen molar-refractivity contribution in [3.05, 3.63) is 16.1 Å². The van der Waals surface area contributed by atoms with Crippen LogP contribution in [0.4, 0.5) is 0 Å². The van der Waals surface area contributed by atoms with Gasteiger partial charge in [0.1, 0.15) is 0 Å². The molecule has 1 aromatic heterocycles. The number of rotatable bonds is 6. The highest BCUT2D eigenvalue weighted by atomic mass is 32.1. The highest BCUT2D eigenvalue weighted by Crippen LogP contribution is 2.18. The summed E-state index contributed by atoms with van der Waals surface area (Å²) in [6.07, 6.45) is 2.18. The Morgan fingerprint density at radius 3 is 2.65 bits per heavy atom. The molecule has 110 valence electrons. The Balaban J connectivity index is 1.74. The molecule has 1 fully saturated rings. The van der Waals surface area contributed by atoms with Gasteiger partial charge < -0.3 is 15.1 Å². The first-order valence-corrected chi connectivity index (χ1v) is 7.53. The summed E-state index contributed by atoms with van der Waals surface area (Å²) in [6, 6.07) is 0. The molecular formula is C13H18N2O4S. The van der Waals surface area contributed by atoms with E-state index in [1.54, 1.807) is 5.38 Å². The predicted octanol–water partition coefficient (Wildman–Crippen LogP) is 1.11. The largest absolute Gasteiger partial charge is 0.481 e. The number of nitrogens with zero attached hydrogens (tertiary/aromatic N) is 2. The fraction of sp³-hybridized carbons (Fsp3) is 0.615. The van der Waals surface area contributed by atoms with E-state index in [0.717, 1.165) is 31.1 Å². The molecule has 1 aliphatic rings. The lowest BCUT2D eigenvalue weighted by Crippen LogP contribution is -2.37. The molecule has 2 heterocycles. The highest BCUT2D eigenvalue weighted by molar-refractivity contribution is 7.09. The van der Waals surface area contributed by atoms with Gasteiger partial charge in [-0.1, -0.05) is 0 Å². The molecule has 2 N–H and O–H groups in total. The fourth-order valence-corrected chi connectivity index (χ4v) is 3.14. The number of hydrogen-bond donors (Lipinski definition) is 2. The Hall–Kier alpha value is -1.47. The molecule has 1 saturated heterocycles. The number of aliphatic carboxylic acids is 2. The van der Waals surface area contributed by atoms with Crippen LogP contribution in [0.2, 0.25) is 0 Å². The molecule has 0 unspecified atom stereocenters. The first-order chi connectivity index (χ1) is 9.54. The topological polar surface area (TPSA) is 90.7 Å². The van der Waals surface area contributed by atoms with Crippen LogP contribution >= 0.6 is 11.3 Å². The zero-order valence-corrected chi connectivity index (χ0v) is 11.9. The van der Waals surface area contributed by atoms with Crippen LogP contribution in [0, 0.1) is 5.92 Å². The third kappa shape index (κ3) is 4.28. The molecule has 1 aromatic rings. The van der Waals surface area contributed by atoms with Crippen LogP contribution in [0.3, 0.4) is 0 Å². The fourth-order valence-electron chi connectivity index (χ4n) is 2.36. The van der Waals surface area contributed by atoms with Gasteiger partial charge in [-0.05, 0) is 25.9 Å². The van der Waals surface area contributed by atoms with Crippen LogP contribution in [0.15, 0.2) is 5.38 Å². The maximum atomic E-state index is 10.9. The number of carboxylic acid groups (broad SMARTS) is 2. The molecule has 0 aliphatic carbocycles. The van der Waals surface area contributed by atoms with Crippen molar-refractivity contribution in [2.75, 3.05) is 19.6 Å². The predicted molar refractivity (Wildman–Crippen MR) is 74.0 cm³/mol. The van der Waals surface area contributed by atoms with E-state index in [1.807, 2.05) is 0 Å². The second-order valence-electron chi connectivity index (χ2n) is 5.01. The molecule has 0 saturated carbocycles. The summed E-state index contributed by atoms with van der Waals surface area (Å²) in [5.41, 5.74) is 0.613. The summed E-state index contributed by atoms with van der Waals surface area (Å²) in [4.78, 5) is 28.0. The smallest absolute Gasteiger partial charge is 0.309 e. The summed E-state index contributed by atoms with van der Waals surface area (Å²) in [5.74, 6) is -1.76. The van der Waals surface area contributed by atoms with Gasteiger partial charge in [0.05, 0.1) is 23.0 Å². The number of hydrogen-bond acceptors (Lipinski definition) is 5. The van der Waals surface area contributed by atoms with Crippen LogP contribution < -0.4 is 0 Å². The molecule has 1 aliphatic heterocycles. The van der Waals surface area contributed by atoms with Crippen molar-refractivity contribution >= 4 is 23.3 Å². The molecule has 20 heavy (non-hydrogen) atoms. The van der Waals surface area contributed by atoms with E-state index in [-0.39, 0.29) is 12.3 Å². The van der Waals surface area contributed by atoms with Crippen LogP contribution in [-0.4, -0.2) is 51.7 Å². The van der Waals surface area contributed by atoms with Gasteiger partial charge in [0.25, 0.3) is 0 Å². The zero-order chi connectivity index (χ0) is 14.5. The Morgan fingerprint density at radius 2 is 2.05 bits per heavy atom. The third-order valence-corrected chi connectivity index (χ3v) is 4.47. The Labute approximate surface area is 121 Å². The molecule has 0 bridgehead atoms. The molecule has 0 amide bonds. The van der Waals surface area contributed by atoms with Gasteiger partial charge in [-0.15, -0.1) is 11.3 Å². The van der Waals surface area contributed by atoms with Crippen molar-refractivity contribution < 1.29 is 19.8 Å². The maximum absolute atomic E-state index is 10.9. The molecular weight excluding hydrogens is 280 g/mol. The number of carbonyl (C=O) groups is 2. The van der Waals surface area contributed by atoms with Crippen molar-refractivity contribution in [1.29, 1.82) is 0 Å². The van der Waals surface area contributed by atoms with Gasteiger partial charge in [0.2, 0.25) is 0 Å². The van der Waals surface area contributed by atoms with Crippen molar-refractivity contribution in [3.63, 3.8) is 0 Å². The summed E-state index contributed by atoms with van der Waals surface area (Å²) < 4.78 is 0. The zero-order valence-electron chi connectivity index (χ0n) is 11.1. The number of piperidine rings is 1. The quantitative estimate of drug-likeness (QED) is 0.817. The van der Waals surface area contributed by atoms with Crippen molar-refractivity contribution in [2.24, 2.45) is 5.92 Å². The minimum Gasteiger partial charge on any atom is -0.481 e. The molecule has 2 rings (SSSR count). The lowest BCUT2D eigenvalue weighted by Gasteiger charge is -2.29. The standard InChI is InChI=1S/C13H18N2O4S/c16-12(17)7-10-8-20-11(14-10)3-6-15-4-1-9(2-5-15)13(18)19/h8-9H,1-7H2,(H,16,17)(H,18,19). The highest BCUT2D eigenvalue weighted by Gasteiger charge is 2.24. The van der Waals surface area contributed by atoms with Crippen molar-refractivity contribution in [3.8, 4) is 0 Å². The van der Waals surface area contributed by atoms with E-state index < -0.39 is 11.9 Å². The van der Waals surface area contributed by atoms with Crippen LogP contribution in [0.25, 0.3) is 0 Å². The number of thiazole rings is 1. The van der Waals surface area contributed by atoms with Gasteiger partial charge in [0.15, 0.2) is 0 Å². The van der Waals surface area contributed by atoms with Crippen molar-refractivity contribution in [2.45, 2.75) is 25.7 Å². The Morgan fingerprint density at radius 1 is 1.35 bits per heavy atom. The van der Waals surface area contributed by atoms with E-state index >= 15 is 0 Å². The second-order valence-corrected chi connectivity index (χ2v) is 5.95. The van der Waals surface area contributed by atoms with Gasteiger partial charge in [-0.2, -0.15) is 0 Å². The summed E-state index contributed by atoms with van der Waals surface area (Å²) in [5, 5.41) is 20.4. The average Bonchev–Trinajstić information content (AvgIpc) is 2.83. The third-order valence-electron chi connectivity index (χ3n) is 3.51. The molecule has 7 heteroatoms. The minimum atomic E-state index is -0.863. The van der Waals surface area contributed by atoms with E-state index in [4.69, 9.17) is 10.2 Å². The maximum Gasteiger partial charge on any atom is 0.309 e. The number of carboxylic acids is 2. The van der Waals surface area contributed by atoms with Gasteiger partial charge >= 0.3 is 11.9 Å². The summed E-state index contributed by atoms with van der Waals surface area (Å²) >= 11 is 1.49. The Bertz CT molecular complexity index is 480. The first-order valence-electron chi connectivity index (χ1n) is 6.65. The lowest BCUT2D eigenvalue weighted by molar-refractivity contribution is -0.143. The number of likely N-dealkylation sites (tertiary alicyclic amines) is 1. The molecule has 0 aromatic carbocycles. The minimum absolute atomic E-state index is 0.0273. The molecule has 0 atom stereocenters. The van der Waals surface area contributed by atoms with Crippen molar-refractivity contribution in [1.82, 2.24) is 9.88 Å². The number of aromatic nitrogens is 1. The summed E-state index contributed by atoms with van der Waals surface area (Å²) in [6.45, 7) is 2.47. The lowest BCUT2D eigenvalue weighted by atomic mass is 9.97. The molecule has 0 spiro atoms. The van der Waals surface area contributed by atoms with Crippen LogP contribution in [0.1, 0.15) is 23.5 Å². The van der Waals surface area contributed by atoms with Crippen LogP contribution in [0.5, 0.6) is 0 Å². The average molecular weight is 298 g/mol. The molecule has 6 nitrogen and oxygen atoms in total. The van der Waals surface area contributed by atoms with E-state index in [0.29, 0.717) is 18.5 Å². The molecule has 0 radical (unpaired) electrons. The Kier molecular flexibility index (Phi) is 5.08. The van der Waals surface area contributed by atoms with Gasteiger partial charge in [-0.3, -0.25) is 9.59 Å². The summed E-state index contributed by atoms with van der Waals surface area (Å²) in [7, 11) is 0. The van der Waals surface area contributed by atoms with Gasteiger partial charge in [0, 0.05) is 18.3 Å². The first kappa shape index (κ1) is 14.9. The second kappa shape index (κ2) is 6.81. The van der Waals surface area contributed by atoms with E-state index in [1.165, 1.54) is 11.3 Å². The normalized spacial score (nSPS) is 17.2. The van der Waals surface area contributed by atoms with E-state index in [9.17, 15) is 9.59 Å².